The van der Waals surface area contributed by atoms with Crippen LogP contribution in [0.2, 0.25) is 0 Å². The highest BCUT2D eigenvalue weighted by Crippen LogP contribution is 2.28. The number of aryl methyl sites for hydroxylation is 2. The van der Waals surface area contributed by atoms with E-state index >= 15 is 0 Å². The van der Waals surface area contributed by atoms with Crippen LogP contribution in [0.25, 0.3) is 0 Å². The second-order valence-corrected chi connectivity index (χ2v) is 6.44. The topological polar surface area (TPSA) is 29.5 Å². The second-order valence-electron chi connectivity index (χ2n) is 6.44. The van der Waals surface area contributed by atoms with Crippen molar-refractivity contribution < 1.29 is 9.53 Å². The van der Waals surface area contributed by atoms with Crippen LogP contribution in [0.5, 0.6) is 5.75 Å². The first-order chi connectivity index (χ1) is 11.0. The van der Waals surface area contributed by atoms with Crippen molar-refractivity contribution in [1.82, 2.24) is 4.90 Å². The first-order valence-corrected chi connectivity index (χ1v) is 8.06. The number of amides is 1. The maximum atomic E-state index is 12.7. The molecule has 1 atom stereocenters. The molecule has 3 nitrogen and oxygen atoms in total. The molecule has 1 aliphatic rings. The molecule has 0 aliphatic carbocycles. The SMILES string of the molecule is Cc1ccc(CN(C)C(=O)[C@@H]2COc3ccccc3C2)c(C)c1. The summed E-state index contributed by atoms with van der Waals surface area (Å²) < 4.78 is 5.75. The molecule has 0 spiro atoms. The number of hydrogen-bond donors (Lipinski definition) is 0. The minimum Gasteiger partial charge on any atom is -0.492 e. The van der Waals surface area contributed by atoms with Crippen LogP contribution >= 0.6 is 0 Å². The van der Waals surface area contributed by atoms with Gasteiger partial charge in [0, 0.05) is 13.6 Å². The molecule has 0 unspecified atom stereocenters. The lowest BCUT2D eigenvalue weighted by atomic mass is 9.95. The van der Waals surface area contributed by atoms with Crippen LogP contribution in [-0.4, -0.2) is 24.5 Å². The van der Waals surface area contributed by atoms with Gasteiger partial charge < -0.3 is 9.64 Å². The standard InChI is InChI=1S/C20H23NO2/c1-14-8-9-17(15(2)10-14)12-21(3)20(22)18-11-16-6-4-5-7-19(16)23-13-18/h4-10,18H,11-13H2,1-3H3/t18-/m0/s1. The van der Waals surface area contributed by atoms with Gasteiger partial charge in [-0.2, -0.15) is 0 Å². The van der Waals surface area contributed by atoms with Gasteiger partial charge in [-0.3, -0.25) is 4.79 Å². The average molecular weight is 309 g/mol. The molecule has 3 heteroatoms. The normalized spacial score (nSPS) is 16.4. The van der Waals surface area contributed by atoms with Crippen LogP contribution in [-0.2, 0) is 17.8 Å². The molecule has 0 aromatic heterocycles. The van der Waals surface area contributed by atoms with Gasteiger partial charge in [-0.1, -0.05) is 42.0 Å². The molecule has 0 saturated heterocycles. The summed E-state index contributed by atoms with van der Waals surface area (Å²) in [6.45, 7) is 5.29. The van der Waals surface area contributed by atoms with E-state index in [9.17, 15) is 4.79 Å². The van der Waals surface area contributed by atoms with E-state index in [2.05, 4.69) is 32.0 Å². The predicted octanol–water partition coefficient (Wildman–Crippen LogP) is 3.51. The summed E-state index contributed by atoms with van der Waals surface area (Å²) >= 11 is 0. The number of nitrogens with zero attached hydrogens (tertiary/aromatic N) is 1. The number of benzene rings is 2. The fourth-order valence-electron chi connectivity index (χ4n) is 3.15. The Bertz CT molecular complexity index is 723. The molecule has 0 saturated carbocycles. The Morgan fingerprint density at radius 2 is 2.00 bits per heavy atom. The van der Waals surface area contributed by atoms with Gasteiger partial charge in [0.05, 0.1) is 5.92 Å². The lowest BCUT2D eigenvalue weighted by molar-refractivity contribution is -0.136. The molecule has 1 aliphatic heterocycles. The van der Waals surface area contributed by atoms with E-state index in [0.29, 0.717) is 13.2 Å². The molecule has 2 aromatic carbocycles. The number of carbonyl (C=O) groups excluding carboxylic acids is 1. The van der Waals surface area contributed by atoms with Crippen molar-refractivity contribution in [3.63, 3.8) is 0 Å². The Morgan fingerprint density at radius 1 is 1.22 bits per heavy atom. The van der Waals surface area contributed by atoms with Crippen LogP contribution < -0.4 is 4.74 Å². The van der Waals surface area contributed by atoms with Crippen molar-refractivity contribution in [2.75, 3.05) is 13.7 Å². The third kappa shape index (κ3) is 3.39. The highest BCUT2D eigenvalue weighted by Gasteiger charge is 2.28. The summed E-state index contributed by atoms with van der Waals surface area (Å²) in [5.74, 6) is 0.966. The zero-order valence-electron chi connectivity index (χ0n) is 14.0. The third-order valence-corrected chi connectivity index (χ3v) is 4.51. The summed E-state index contributed by atoms with van der Waals surface area (Å²) in [6, 6.07) is 14.3. The third-order valence-electron chi connectivity index (χ3n) is 4.51. The lowest BCUT2D eigenvalue weighted by Crippen LogP contribution is -2.38. The van der Waals surface area contributed by atoms with Crippen LogP contribution in [0.15, 0.2) is 42.5 Å². The van der Waals surface area contributed by atoms with Crippen LogP contribution in [0.1, 0.15) is 22.3 Å². The first kappa shape index (κ1) is 15.6. The average Bonchev–Trinajstić information content (AvgIpc) is 2.56. The molecule has 0 fully saturated rings. The summed E-state index contributed by atoms with van der Waals surface area (Å²) in [6.07, 6.45) is 0.756. The Morgan fingerprint density at radius 3 is 2.78 bits per heavy atom. The quantitative estimate of drug-likeness (QED) is 0.868. The van der Waals surface area contributed by atoms with Crippen molar-refractivity contribution >= 4 is 5.91 Å². The molecular weight excluding hydrogens is 286 g/mol. The van der Waals surface area contributed by atoms with Gasteiger partial charge in [0.2, 0.25) is 5.91 Å². The fourth-order valence-corrected chi connectivity index (χ4v) is 3.15. The Labute approximate surface area is 137 Å². The van der Waals surface area contributed by atoms with E-state index in [1.807, 2.05) is 36.2 Å². The van der Waals surface area contributed by atoms with E-state index in [4.69, 9.17) is 4.74 Å². The van der Waals surface area contributed by atoms with Crippen molar-refractivity contribution in [2.45, 2.75) is 26.8 Å². The summed E-state index contributed by atoms with van der Waals surface area (Å²) in [5.41, 5.74) is 4.80. The lowest BCUT2D eigenvalue weighted by Gasteiger charge is -2.28. The van der Waals surface area contributed by atoms with Crippen molar-refractivity contribution in [1.29, 1.82) is 0 Å². The second kappa shape index (κ2) is 6.45. The molecule has 0 N–H and O–H groups in total. The van der Waals surface area contributed by atoms with Gasteiger partial charge in [0.1, 0.15) is 12.4 Å². The van der Waals surface area contributed by atoms with Crippen LogP contribution in [0, 0.1) is 19.8 Å². The molecule has 0 radical (unpaired) electrons. The van der Waals surface area contributed by atoms with Crippen molar-refractivity contribution in [2.24, 2.45) is 5.92 Å². The molecule has 1 heterocycles. The maximum absolute atomic E-state index is 12.7. The Hall–Kier alpha value is -2.29. The summed E-state index contributed by atoms with van der Waals surface area (Å²) in [5, 5.41) is 0. The number of para-hydroxylation sites is 1. The number of rotatable bonds is 3. The highest BCUT2D eigenvalue weighted by atomic mass is 16.5. The number of hydrogen-bond acceptors (Lipinski definition) is 2. The number of carbonyl (C=O) groups is 1. The molecule has 2 aromatic rings. The van der Waals surface area contributed by atoms with E-state index in [0.717, 1.165) is 17.7 Å². The van der Waals surface area contributed by atoms with Crippen molar-refractivity contribution in [3.05, 3.63) is 64.7 Å². The van der Waals surface area contributed by atoms with E-state index in [1.54, 1.807) is 0 Å². The molecule has 23 heavy (non-hydrogen) atoms. The zero-order chi connectivity index (χ0) is 16.4. The van der Waals surface area contributed by atoms with Crippen LogP contribution in [0.4, 0.5) is 0 Å². The highest BCUT2D eigenvalue weighted by molar-refractivity contribution is 5.79. The largest absolute Gasteiger partial charge is 0.492 e. The minimum absolute atomic E-state index is 0.0966. The minimum atomic E-state index is -0.0966. The molecule has 0 bridgehead atoms. The first-order valence-electron chi connectivity index (χ1n) is 8.06. The van der Waals surface area contributed by atoms with E-state index in [-0.39, 0.29) is 11.8 Å². The van der Waals surface area contributed by atoms with Gasteiger partial charge in [0.25, 0.3) is 0 Å². The monoisotopic (exact) mass is 309 g/mol. The number of ether oxygens (including phenoxy) is 1. The van der Waals surface area contributed by atoms with Crippen molar-refractivity contribution in [3.8, 4) is 5.75 Å². The van der Waals surface area contributed by atoms with Crippen LogP contribution in [0.3, 0.4) is 0 Å². The van der Waals surface area contributed by atoms with E-state index < -0.39 is 0 Å². The Balaban J connectivity index is 1.68. The van der Waals surface area contributed by atoms with Gasteiger partial charge in [-0.05, 0) is 43.0 Å². The number of fused-ring (bicyclic) bond motifs is 1. The van der Waals surface area contributed by atoms with Gasteiger partial charge in [-0.25, -0.2) is 0 Å². The smallest absolute Gasteiger partial charge is 0.229 e. The molecule has 3 rings (SSSR count). The van der Waals surface area contributed by atoms with E-state index in [1.165, 1.54) is 16.7 Å². The van der Waals surface area contributed by atoms with Gasteiger partial charge in [0.15, 0.2) is 0 Å². The predicted molar refractivity (Wildman–Crippen MR) is 91.5 cm³/mol. The molecular formula is C20H23NO2. The van der Waals surface area contributed by atoms with Gasteiger partial charge >= 0.3 is 0 Å². The fraction of sp³-hybridized carbons (Fsp3) is 0.350. The molecule has 1 amide bonds. The molecule has 120 valence electrons. The Kier molecular flexibility index (Phi) is 4.37. The zero-order valence-corrected chi connectivity index (χ0v) is 14.0. The maximum Gasteiger partial charge on any atom is 0.229 e. The summed E-state index contributed by atoms with van der Waals surface area (Å²) in [4.78, 5) is 14.6. The summed E-state index contributed by atoms with van der Waals surface area (Å²) in [7, 11) is 1.88. The van der Waals surface area contributed by atoms with Gasteiger partial charge in [-0.15, -0.1) is 0 Å².